The first-order valence-corrected chi connectivity index (χ1v) is 3.93. The van der Waals surface area contributed by atoms with E-state index in [1.165, 1.54) is 6.20 Å². The van der Waals surface area contributed by atoms with Crippen LogP contribution >= 0.6 is 12.2 Å². The number of pyridine rings is 1. The van der Waals surface area contributed by atoms with Crippen molar-refractivity contribution in [3.8, 4) is 6.07 Å². The fraction of sp³-hybridized carbons (Fsp3) is 0.125. The van der Waals surface area contributed by atoms with Gasteiger partial charge in [0.05, 0.1) is 22.5 Å². The number of nitrogens with two attached hydrogens (primary N) is 2. The van der Waals surface area contributed by atoms with Crippen LogP contribution in [0.3, 0.4) is 0 Å². The average Bonchev–Trinajstić information content (AvgIpc) is 2.04. The molecule has 0 amide bonds. The van der Waals surface area contributed by atoms with Gasteiger partial charge in [-0.2, -0.15) is 5.26 Å². The van der Waals surface area contributed by atoms with Crippen LogP contribution in [0.2, 0.25) is 0 Å². The molecule has 0 atom stereocenters. The van der Waals surface area contributed by atoms with Crippen molar-refractivity contribution >= 4 is 22.9 Å². The Bertz CT molecular complexity index is 405. The molecule has 4 N–H and O–H groups in total. The molecule has 0 aliphatic carbocycles. The van der Waals surface area contributed by atoms with Crippen molar-refractivity contribution in [1.29, 1.82) is 5.26 Å². The summed E-state index contributed by atoms with van der Waals surface area (Å²) in [6, 6.07) is 1.96. The van der Waals surface area contributed by atoms with Crippen LogP contribution in [0.25, 0.3) is 0 Å². The molecule has 0 aromatic carbocycles. The Balaban J connectivity index is 3.47. The van der Waals surface area contributed by atoms with Gasteiger partial charge in [0.25, 0.3) is 0 Å². The van der Waals surface area contributed by atoms with E-state index in [0.717, 1.165) is 0 Å². The lowest BCUT2D eigenvalue weighted by atomic mass is 10.1. The van der Waals surface area contributed by atoms with E-state index in [9.17, 15) is 0 Å². The maximum absolute atomic E-state index is 8.75. The molecule has 1 aromatic heterocycles. The second-order valence-corrected chi connectivity index (χ2v) is 2.96. The van der Waals surface area contributed by atoms with Crippen LogP contribution in [0.15, 0.2) is 6.20 Å². The van der Waals surface area contributed by atoms with Gasteiger partial charge < -0.3 is 11.5 Å². The van der Waals surface area contributed by atoms with E-state index < -0.39 is 0 Å². The minimum atomic E-state index is 0.154. The molecule has 0 saturated heterocycles. The van der Waals surface area contributed by atoms with E-state index in [0.29, 0.717) is 22.5 Å². The number of aromatic nitrogens is 1. The first-order valence-electron chi connectivity index (χ1n) is 3.53. The van der Waals surface area contributed by atoms with Gasteiger partial charge in [-0.15, -0.1) is 0 Å². The molecule has 0 fully saturated rings. The molecule has 0 bridgehead atoms. The molecule has 0 saturated carbocycles. The zero-order valence-corrected chi connectivity index (χ0v) is 7.85. The Kier molecular flexibility index (Phi) is 2.44. The number of thiocarbonyl (C=S) groups is 1. The summed E-state index contributed by atoms with van der Waals surface area (Å²) < 4.78 is 0. The molecular formula is C8H8N4S. The molecular weight excluding hydrogens is 184 g/mol. The van der Waals surface area contributed by atoms with Gasteiger partial charge in [0.2, 0.25) is 0 Å². The molecule has 0 aliphatic heterocycles. The summed E-state index contributed by atoms with van der Waals surface area (Å²) in [7, 11) is 0. The maximum Gasteiger partial charge on any atom is 0.107 e. The van der Waals surface area contributed by atoms with Gasteiger partial charge in [-0.1, -0.05) is 12.2 Å². The van der Waals surface area contributed by atoms with Gasteiger partial charge in [-0.3, -0.25) is 4.98 Å². The van der Waals surface area contributed by atoms with Crippen LogP contribution in [-0.4, -0.2) is 9.97 Å². The first-order chi connectivity index (χ1) is 6.07. The third-order valence-electron chi connectivity index (χ3n) is 1.69. The Hall–Kier alpha value is -1.67. The van der Waals surface area contributed by atoms with Crippen LogP contribution in [0.1, 0.15) is 16.8 Å². The highest BCUT2D eigenvalue weighted by atomic mass is 32.1. The molecule has 1 heterocycles. The standard InChI is InChI=1S/C8H8N4S/c1-4-5(2-9)7(10)6(3-12-4)8(11)13/h3H,1H3,(H2,10,12)(H2,11,13). The average molecular weight is 192 g/mol. The van der Waals surface area contributed by atoms with Crippen molar-refractivity contribution in [3.05, 3.63) is 23.0 Å². The number of nitrogens with zero attached hydrogens (tertiary/aromatic N) is 2. The van der Waals surface area contributed by atoms with E-state index in [1.54, 1.807) is 6.92 Å². The van der Waals surface area contributed by atoms with E-state index in [2.05, 4.69) is 4.98 Å². The van der Waals surface area contributed by atoms with Crippen molar-refractivity contribution < 1.29 is 0 Å². The SMILES string of the molecule is Cc1ncc(C(N)=S)c(N)c1C#N. The van der Waals surface area contributed by atoms with E-state index in [-0.39, 0.29) is 4.99 Å². The third-order valence-corrected chi connectivity index (χ3v) is 1.91. The molecule has 13 heavy (non-hydrogen) atoms. The van der Waals surface area contributed by atoms with Gasteiger partial charge in [-0.05, 0) is 6.92 Å². The smallest absolute Gasteiger partial charge is 0.107 e. The van der Waals surface area contributed by atoms with E-state index >= 15 is 0 Å². The quantitative estimate of drug-likeness (QED) is 0.632. The fourth-order valence-electron chi connectivity index (χ4n) is 0.963. The normalized spacial score (nSPS) is 9.23. The van der Waals surface area contributed by atoms with Crippen LogP contribution in [0, 0.1) is 18.3 Å². The molecule has 0 aliphatic rings. The summed E-state index contributed by atoms with van der Waals surface area (Å²) in [6.07, 6.45) is 1.48. The zero-order valence-electron chi connectivity index (χ0n) is 7.03. The fourth-order valence-corrected chi connectivity index (χ4v) is 1.13. The minimum absolute atomic E-state index is 0.154. The van der Waals surface area contributed by atoms with Gasteiger partial charge >= 0.3 is 0 Å². The highest BCUT2D eigenvalue weighted by Gasteiger charge is 2.10. The molecule has 0 unspecified atom stereocenters. The highest BCUT2D eigenvalue weighted by molar-refractivity contribution is 7.80. The highest BCUT2D eigenvalue weighted by Crippen LogP contribution is 2.17. The van der Waals surface area contributed by atoms with Crippen LogP contribution < -0.4 is 11.5 Å². The molecule has 1 aromatic rings. The Morgan fingerprint density at radius 1 is 1.69 bits per heavy atom. The topological polar surface area (TPSA) is 88.7 Å². The monoisotopic (exact) mass is 192 g/mol. The second kappa shape index (κ2) is 3.37. The molecule has 1 rings (SSSR count). The zero-order chi connectivity index (χ0) is 10.0. The summed E-state index contributed by atoms with van der Waals surface area (Å²) >= 11 is 4.75. The predicted octanol–water partition coefficient (Wildman–Crippen LogP) is 0.478. The molecule has 4 nitrogen and oxygen atoms in total. The number of nitrogen functional groups attached to an aromatic ring is 1. The Morgan fingerprint density at radius 2 is 2.31 bits per heavy atom. The van der Waals surface area contributed by atoms with E-state index in [1.807, 2.05) is 6.07 Å². The number of nitriles is 1. The molecule has 66 valence electrons. The lowest BCUT2D eigenvalue weighted by Crippen LogP contribution is -2.14. The van der Waals surface area contributed by atoms with Gasteiger partial charge in [0, 0.05) is 6.20 Å². The van der Waals surface area contributed by atoms with Crippen LogP contribution in [-0.2, 0) is 0 Å². The van der Waals surface area contributed by atoms with Crippen LogP contribution in [0.4, 0.5) is 5.69 Å². The van der Waals surface area contributed by atoms with Crippen LogP contribution in [0.5, 0.6) is 0 Å². The summed E-state index contributed by atoms with van der Waals surface area (Å²) in [6.45, 7) is 1.71. The van der Waals surface area contributed by atoms with Gasteiger partial charge in [-0.25, -0.2) is 0 Å². The number of rotatable bonds is 1. The summed E-state index contributed by atoms with van der Waals surface area (Å²) in [4.78, 5) is 4.12. The van der Waals surface area contributed by atoms with Crippen molar-refractivity contribution in [2.45, 2.75) is 6.92 Å². The summed E-state index contributed by atoms with van der Waals surface area (Å²) in [5, 5.41) is 8.75. The summed E-state index contributed by atoms with van der Waals surface area (Å²) in [5.41, 5.74) is 12.7. The largest absolute Gasteiger partial charge is 0.397 e. The Labute approximate surface area is 81.2 Å². The van der Waals surface area contributed by atoms with Crippen molar-refractivity contribution in [1.82, 2.24) is 4.98 Å². The summed E-state index contributed by atoms with van der Waals surface area (Å²) in [5.74, 6) is 0. The number of hydrogen-bond donors (Lipinski definition) is 2. The predicted molar refractivity (Wildman–Crippen MR) is 54.0 cm³/mol. The molecule has 0 spiro atoms. The minimum Gasteiger partial charge on any atom is -0.397 e. The molecule has 0 radical (unpaired) electrons. The van der Waals surface area contributed by atoms with Crippen molar-refractivity contribution in [3.63, 3.8) is 0 Å². The number of hydrogen-bond acceptors (Lipinski definition) is 4. The maximum atomic E-state index is 8.75. The number of anilines is 1. The van der Waals surface area contributed by atoms with E-state index in [4.69, 9.17) is 28.9 Å². The van der Waals surface area contributed by atoms with Gasteiger partial charge in [0.15, 0.2) is 0 Å². The third kappa shape index (κ3) is 1.58. The lowest BCUT2D eigenvalue weighted by molar-refractivity contribution is 1.18. The van der Waals surface area contributed by atoms with Gasteiger partial charge in [0.1, 0.15) is 11.1 Å². The lowest BCUT2D eigenvalue weighted by Gasteiger charge is -2.05. The molecule has 5 heteroatoms. The van der Waals surface area contributed by atoms with Crippen molar-refractivity contribution in [2.75, 3.05) is 5.73 Å². The first kappa shape index (κ1) is 9.42. The second-order valence-electron chi connectivity index (χ2n) is 2.52. The number of aryl methyl sites for hydroxylation is 1. The van der Waals surface area contributed by atoms with Crippen molar-refractivity contribution in [2.24, 2.45) is 5.73 Å². The Morgan fingerprint density at radius 3 is 2.77 bits per heavy atom.